The van der Waals surface area contributed by atoms with Crippen LogP contribution in [0.15, 0.2) is 30.6 Å². The zero-order valence-corrected chi connectivity index (χ0v) is 15.3. The molecule has 2 aromatic heterocycles. The molecule has 0 atom stereocenters. The van der Waals surface area contributed by atoms with Crippen molar-refractivity contribution in [2.24, 2.45) is 0 Å². The number of nitrogens with two attached hydrogens (primary N) is 1. The van der Waals surface area contributed by atoms with Gasteiger partial charge < -0.3 is 5.73 Å². The molecule has 0 aliphatic heterocycles. The number of hydrogen-bond donors (Lipinski definition) is 1. The summed E-state index contributed by atoms with van der Waals surface area (Å²) in [6, 6.07) is 6.51. The highest BCUT2D eigenvalue weighted by Crippen LogP contribution is 2.30. The Morgan fingerprint density at radius 2 is 1.70 bits per heavy atom. The van der Waals surface area contributed by atoms with E-state index in [4.69, 9.17) is 5.73 Å². The Balaban J connectivity index is 2.14. The average molecular weight is 311 g/mol. The number of nitrogen functional groups attached to an aromatic ring is 1. The van der Waals surface area contributed by atoms with E-state index in [1.54, 1.807) is 0 Å². The summed E-state index contributed by atoms with van der Waals surface area (Å²) < 4.78 is 0. The maximum Gasteiger partial charge on any atom is 0.126 e. The Hall–Kier alpha value is -1.90. The maximum atomic E-state index is 5.83. The lowest BCUT2D eigenvalue weighted by Crippen LogP contribution is -2.19. The first-order valence-corrected chi connectivity index (χ1v) is 8.27. The summed E-state index contributed by atoms with van der Waals surface area (Å²) in [7, 11) is 0. The van der Waals surface area contributed by atoms with E-state index in [0.717, 1.165) is 24.1 Å². The second-order valence-corrected chi connectivity index (χ2v) is 8.10. The van der Waals surface area contributed by atoms with Crippen molar-refractivity contribution in [2.75, 3.05) is 5.73 Å². The number of hydrogen-bond acceptors (Lipinski definition) is 3. The standard InChI is InChI=1S/C20H29N3/c1-14-11-16(13-23-18(14)21)20(5,6)9-7-17-12-15(8-10-22-17)19(2,3)4/h8,10-13H,7,9H2,1-6H3,(H2,21,23). The van der Waals surface area contributed by atoms with Crippen molar-refractivity contribution in [1.82, 2.24) is 9.97 Å². The van der Waals surface area contributed by atoms with E-state index >= 15 is 0 Å². The molecule has 3 heteroatoms. The summed E-state index contributed by atoms with van der Waals surface area (Å²) >= 11 is 0. The van der Waals surface area contributed by atoms with Gasteiger partial charge in [0.25, 0.3) is 0 Å². The summed E-state index contributed by atoms with van der Waals surface area (Å²) in [5, 5.41) is 0. The van der Waals surface area contributed by atoms with Crippen molar-refractivity contribution in [3.05, 3.63) is 53.0 Å². The highest BCUT2D eigenvalue weighted by atomic mass is 14.8. The van der Waals surface area contributed by atoms with Crippen LogP contribution in [0.2, 0.25) is 0 Å². The van der Waals surface area contributed by atoms with Gasteiger partial charge in [0.2, 0.25) is 0 Å². The molecule has 0 amide bonds. The lowest BCUT2D eigenvalue weighted by Gasteiger charge is -2.26. The first-order valence-electron chi connectivity index (χ1n) is 8.27. The van der Waals surface area contributed by atoms with Gasteiger partial charge in [0, 0.05) is 18.1 Å². The predicted molar refractivity (Wildman–Crippen MR) is 97.7 cm³/mol. The van der Waals surface area contributed by atoms with Gasteiger partial charge in [-0.25, -0.2) is 4.98 Å². The molecule has 2 rings (SSSR count). The lowest BCUT2D eigenvalue weighted by atomic mass is 9.80. The van der Waals surface area contributed by atoms with E-state index in [2.05, 4.69) is 62.8 Å². The number of pyridine rings is 2. The first kappa shape index (κ1) is 17.5. The molecule has 0 bridgehead atoms. The fourth-order valence-corrected chi connectivity index (χ4v) is 2.62. The molecule has 0 aliphatic rings. The van der Waals surface area contributed by atoms with Crippen LogP contribution in [-0.4, -0.2) is 9.97 Å². The summed E-state index contributed by atoms with van der Waals surface area (Å²) in [6.07, 6.45) is 5.82. The molecule has 0 saturated carbocycles. The van der Waals surface area contributed by atoms with E-state index in [9.17, 15) is 0 Å². The van der Waals surface area contributed by atoms with E-state index < -0.39 is 0 Å². The third-order valence-electron chi connectivity index (χ3n) is 4.59. The van der Waals surface area contributed by atoms with Crippen LogP contribution in [0.3, 0.4) is 0 Å². The van der Waals surface area contributed by atoms with Crippen molar-refractivity contribution >= 4 is 5.82 Å². The molecule has 2 aromatic rings. The largest absolute Gasteiger partial charge is 0.383 e. The van der Waals surface area contributed by atoms with Gasteiger partial charge in [0.05, 0.1) is 0 Å². The Kier molecular flexibility index (Phi) is 4.79. The second-order valence-electron chi connectivity index (χ2n) is 8.10. The predicted octanol–water partition coefficient (Wildman–Crippen LogP) is 4.58. The lowest BCUT2D eigenvalue weighted by molar-refractivity contribution is 0.474. The first-order chi connectivity index (χ1) is 10.6. The fraction of sp³-hybridized carbons (Fsp3) is 0.500. The van der Waals surface area contributed by atoms with Crippen LogP contribution in [0.25, 0.3) is 0 Å². The zero-order valence-electron chi connectivity index (χ0n) is 15.3. The molecule has 0 fully saturated rings. The topological polar surface area (TPSA) is 51.8 Å². The fourth-order valence-electron chi connectivity index (χ4n) is 2.62. The minimum atomic E-state index is 0.0465. The van der Waals surface area contributed by atoms with E-state index in [0.29, 0.717) is 5.82 Å². The highest BCUT2D eigenvalue weighted by molar-refractivity contribution is 5.41. The second kappa shape index (κ2) is 6.31. The number of aromatic nitrogens is 2. The minimum absolute atomic E-state index is 0.0465. The highest BCUT2D eigenvalue weighted by Gasteiger charge is 2.22. The van der Waals surface area contributed by atoms with Crippen molar-refractivity contribution in [1.29, 1.82) is 0 Å². The van der Waals surface area contributed by atoms with Crippen molar-refractivity contribution in [2.45, 2.75) is 65.2 Å². The molecule has 124 valence electrons. The van der Waals surface area contributed by atoms with Crippen molar-refractivity contribution < 1.29 is 0 Å². The number of aryl methyl sites for hydroxylation is 2. The van der Waals surface area contributed by atoms with Crippen molar-refractivity contribution in [3.63, 3.8) is 0 Å². The molecule has 23 heavy (non-hydrogen) atoms. The summed E-state index contributed by atoms with van der Waals surface area (Å²) in [6.45, 7) is 13.2. The average Bonchev–Trinajstić information content (AvgIpc) is 2.47. The van der Waals surface area contributed by atoms with Crippen LogP contribution in [0.5, 0.6) is 0 Å². The van der Waals surface area contributed by atoms with Gasteiger partial charge in [-0.15, -0.1) is 0 Å². The normalized spacial score (nSPS) is 12.4. The molecular formula is C20H29N3. The number of anilines is 1. The van der Waals surface area contributed by atoms with E-state index in [1.165, 1.54) is 11.1 Å². The number of rotatable bonds is 4. The molecule has 2 heterocycles. The molecule has 0 spiro atoms. The van der Waals surface area contributed by atoms with Crippen LogP contribution >= 0.6 is 0 Å². The van der Waals surface area contributed by atoms with Gasteiger partial charge in [0.1, 0.15) is 5.82 Å². The van der Waals surface area contributed by atoms with Crippen LogP contribution in [0, 0.1) is 6.92 Å². The van der Waals surface area contributed by atoms with E-state index in [1.807, 2.05) is 19.3 Å². The Morgan fingerprint density at radius 1 is 1.00 bits per heavy atom. The summed E-state index contributed by atoms with van der Waals surface area (Å²) in [5.74, 6) is 0.615. The number of nitrogens with zero attached hydrogens (tertiary/aromatic N) is 2. The molecule has 2 N–H and O–H groups in total. The quantitative estimate of drug-likeness (QED) is 0.899. The third-order valence-corrected chi connectivity index (χ3v) is 4.59. The van der Waals surface area contributed by atoms with Crippen molar-refractivity contribution in [3.8, 4) is 0 Å². The van der Waals surface area contributed by atoms with Gasteiger partial charge in [-0.3, -0.25) is 4.98 Å². The minimum Gasteiger partial charge on any atom is -0.383 e. The van der Waals surface area contributed by atoms with Gasteiger partial charge in [-0.1, -0.05) is 40.7 Å². The maximum absolute atomic E-state index is 5.83. The SMILES string of the molecule is Cc1cc(C(C)(C)CCc2cc(C(C)(C)C)ccn2)cnc1N. The Bertz CT molecular complexity index is 682. The van der Waals surface area contributed by atoms with Gasteiger partial charge >= 0.3 is 0 Å². The monoisotopic (exact) mass is 311 g/mol. The Morgan fingerprint density at radius 3 is 2.30 bits per heavy atom. The van der Waals surface area contributed by atoms with Gasteiger partial charge in [-0.2, -0.15) is 0 Å². The summed E-state index contributed by atoms with van der Waals surface area (Å²) in [4.78, 5) is 8.85. The zero-order chi connectivity index (χ0) is 17.3. The van der Waals surface area contributed by atoms with E-state index in [-0.39, 0.29) is 10.8 Å². The van der Waals surface area contributed by atoms with Gasteiger partial charge in [0.15, 0.2) is 0 Å². The molecule has 0 aromatic carbocycles. The molecule has 3 nitrogen and oxygen atoms in total. The third kappa shape index (κ3) is 4.31. The van der Waals surface area contributed by atoms with Crippen LogP contribution < -0.4 is 5.73 Å². The van der Waals surface area contributed by atoms with Gasteiger partial charge in [-0.05, 0) is 59.4 Å². The molecule has 0 unspecified atom stereocenters. The van der Waals surface area contributed by atoms with Crippen LogP contribution in [0.1, 0.15) is 63.4 Å². The Labute approximate surface area is 140 Å². The smallest absolute Gasteiger partial charge is 0.126 e. The van der Waals surface area contributed by atoms with Crippen LogP contribution in [0.4, 0.5) is 5.82 Å². The molecular weight excluding hydrogens is 282 g/mol. The van der Waals surface area contributed by atoms with Crippen LogP contribution in [-0.2, 0) is 17.3 Å². The molecule has 0 aliphatic carbocycles. The molecule has 0 saturated heterocycles. The summed E-state index contributed by atoms with van der Waals surface area (Å²) in [5.41, 5.74) is 10.8. The molecule has 0 radical (unpaired) electrons.